The number of carbonyl (C=O) groups excluding carboxylic acids is 2. The van der Waals surface area contributed by atoms with Crippen LogP contribution in [0, 0.1) is 0 Å². The number of rotatable bonds is 10. The number of hydroxylamine groups is 1. The van der Waals surface area contributed by atoms with Gasteiger partial charge in [0.25, 0.3) is 5.91 Å². The number of aliphatic hydroxyl groups is 1. The number of aliphatic hydroxyl groups excluding tert-OH is 1. The average Bonchev–Trinajstić information content (AvgIpc) is 2.77. The SMILES string of the molecule is COc1ccc(NC(=O)O[C@@H](C/C=C/C(=O)NO)c2ccc(OCCO)cc2)cc1. The minimum atomic E-state index is -0.696. The summed E-state index contributed by atoms with van der Waals surface area (Å²) in [5.41, 5.74) is 2.70. The van der Waals surface area contributed by atoms with Crippen LogP contribution in [0.1, 0.15) is 18.1 Å². The first-order valence-electron chi connectivity index (χ1n) is 9.11. The molecule has 0 bridgehead atoms. The number of amides is 2. The van der Waals surface area contributed by atoms with Crippen LogP contribution < -0.4 is 20.3 Å². The molecular weight excluding hydrogens is 392 g/mol. The van der Waals surface area contributed by atoms with Crippen LogP contribution in [0.25, 0.3) is 0 Å². The van der Waals surface area contributed by atoms with Crippen molar-refractivity contribution in [3.63, 3.8) is 0 Å². The van der Waals surface area contributed by atoms with Gasteiger partial charge in [-0.25, -0.2) is 10.3 Å². The molecule has 2 aromatic carbocycles. The van der Waals surface area contributed by atoms with Gasteiger partial charge >= 0.3 is 6.09 Å². The number of anilines is 1. The van der Waals surface area contributed by atoms with Crippen molar-refractivity contribution in [2.45, 2.75) is 12.5 Å². The maximum Gasteiger partial charge on any atom is 0.412 e. The molecule has 2 amide bonds. The minimum absolute atomic E-state index is 0.100. The molecule has 1 atom stereocenters. The standard InChI is InChI=1S/C21H24N2O7/c1-28-17-11-7-16(8-12-17)22-21(26)30-19(3-2-4-20(25)23-27)15-5-9-18(10-6-15)29-14-13-24/h2,4-12,19,24,27H,3,13-14H2,1H3,(H,22,26)(H,23,25)/b4-2+/t19-/m0/s1. The Morgan fingerprint density at radius 3 is 2.33 bits per heavy atom. The topological polar surface area (TPSA) is 126 Å². The van der Waals surface area contributed by atoms with Crippen LogP contribution >= 0.6 is 0 Å². The summed E-state index contributed by atoms with van der Waals surface area (Å²) in [5, 5.41) is 20.0. The zero-order chi connectivity index (χ0) is 21.8. The summed E-state index contributed by atoms with van der Waals surface area (Å²) >= 11 is 0. The lowest BCUT2D eigenvalue weighted by molar-refractivity contribution is -0.124. The quantitative estimate of drug-likeness (QED) is 0.266. The third kappa shape index (κ3) is 7.46. The second kappa shape index (κ2) is 12.1. The van der Waals surface area contributed by atoms with Gasteiger partial charge in [0.2, 0.25) is 0 Å². The lowest BCUT2D eigenvalue weighted by Gasteiger charge is -2.18. The van der Waals surface area contributed by atoms with Gasteiger partial charge in [0.1, 0.15) is 24.2 Å². The van der Waals surface area contributed by atoms with Crippen molar-refractivity contribution in [2.24, 2.45) is 0 Å². The molecule has 0 heterocycles. The molecule has 0 radical (unpaired) electrons. The summed E-state index contributed by atoms with van der Waals surface area (Å²) in [7, 11) is 1.55. The van der Waals surface area contributed by atoms with Crippen molar-refractivity contribution in [3.8, 4) is 11.5 Å². The maximum absolute atomic E-state index is 12.4. The van der Waals surface area contributed by atoms with Crippen LogP contribution in [-0.4, -0.2) is 42.6 Å². The summed E-state index contributed by atoms with van der Waals surface area (Å²) in [6.45, 7) is 0.0687. The van der Waals surface area contributed by atoms with Crippen molar-refractivity contribution in [2.75, 3.05) is 25.6 Å². The molecule has 0 saturated heterocycles. The molecule has 0 unspecified atom stereocenters. The highest BCUT2D eigenvalue weighted by Crippen LogP contribution is 2.25. The average molecular weight is 416 g/mol. The predicted octanol–water partition coefficient (Wildman–Crippen LogP) is 2.81. The van der Waals surface area contributed by atoms with Crippen LogP contribution in [-0.2, 0) is 9.53 Å². The Kier molecular flexibility index (Phi) is 9.17. The van der Waals surface area contributed by atoms with Crippen molar-refractivity contribution in [1.82, 2.24) is 5.48 Å². The van der Waals surface area contributed by atoms with Gasteiger partial charge in [-0.05, 0) is 42.0 Å². The van der Waals surface area contributed by atoms with Crippen molar-refractivity contribution < 1.29 is 34.1 Å². The predicted molar refractivity (Wildman–Crippen MR) is 109 cm³/mol. The maximum atomic E-state index is 12.4. The second-order valence-corrected chi connectivity index (χ2v) is 6.00. The van der Waals surface area contributed by atoms with Gasteiger partial charge in [-0.2, -0.15) is 0 Å². The zero-order valence-corrected chi connectivity index (χ0v) is 16.4. The molecule has 2 rings (SSSR count). The summed E-state index contributed by atoms with van der Waals surface area (Å²) in [4.78, 5) is 23.5. The Bertz CT molecular complexity index is 835. The molecule has 0 spiro atoms. The molecule has 0 aliphatic rings. The van der Waals surface area contributed by atoms with Crippen LogP contribution in [0.5, 0.6) is 11.5 Å². The molecule has 30 heavy (non-hydrogen) atoms. The van der Waals surface area contributed by atoms with Gasteiger partial charge < -0.3 is 19.3 Å². The van der Waals surface area contributed by atoms with Gasteiger partial charge in [0.15, 0.2) is 0 Å². The lowest BCUT2D eigenvalue weighted by atomic mass is 10.1. The number of ether oxygens (including phenoxy) is 3. The Balaban J connectivity index is 2.08. The first-order chi connectivity index (χ1) is 14.5. The fourth-order valence-corrected chi connectivity index (χ4v) is 2.48. The van der Waals surface area contributed by atoms with E-state index in [0.29, 0.717) is 22.7 Å². The number of carbonyl (C=O) groups is 2. The van der Waals surface area contributed by atoms with Crippen LogP contribution in [0.15, 0.2) is 60.7 Å². The molecule has 4 N–H and O–H groups in total. The minimum Gasteiger partial charge on any atom is -0.497 e. The van der Waals surface area contributed by atoms with Gasteiger partial charge in [-0.15, -0.1) is 0 Å². The van der Waals surface area contributed by atoms with Crippen LogP contribution in [0.4, 0.5) is 10.5 Å². The third-order valence-corrected chi connectivity index (χ3v) is 3.93. The second-order valence-electron chi connectivity index (χ2n) is 6.00. The van der Waals surface area contributed by atoms with E-state index in [1.54, 1.807) is 55.6 Å². The molecule has 9 heteroatoms. The van der Waals surface area contributed by atoms with Crippen molar-refractivity contribution in [1.29, 1.82) is 0 Å². The monoisotopic (exact) mass is 416 g/mol. The highest BCUT2D eigenvalue weighted by atomic mass is 16.6. The molecule has 2 aromatic rings. The van der Waals surface area contributed by atoms with E-state index in [0.717, 1.165) is 6.08 Å². The number of hydrogen-bond acceptors (Lipinski definition) is 7. The van der Waals surface area contributed by atoms with E-state index in [1.165, 1.54) is 11.6 Å². The van der Waals surface area contributed by atoms with Crippen LogP contribution in [0.3, 0.4) is 0 Å². The smallest absolute Gasteiger partial charge is 0.412 e. The number of hydrogen-bond donors (Lipinski definition) is 4. The van der Waals surface area contributed by atoms with Gasteiger partial charge in [-0.3, -0.25) is 15.3 Å². The van der Waals surface area contributed by atoms with Gasteiger partial charge in [-0.1, -0.05) is 18.2 Å². The van der Waals surface area contributed by atoms with Crippen molar-refractivity contribution in [3.05, 3.63) is 66.2 Å². The van der Waals surface area contributed by atoms with E-state index in [2.05, 4.69) is 5.32 Å². The fraction of sp³-hybridized carbons (Fsp3) is 0.238. The molecule has 160 valence electrons. The highest BCUT2D eigenvalue weighted by Gasteiger charge is 2.16. The molecule has 0 aromatic heterocycles. The van der Waals surface area contributed by atoms with E-state index in [1.807, 2.05) is 0 Å². The van der Waals surface area contributed by atoms with Crippen molar-refractivity contribution >= 4 is 17.7 Å². The molecule has 0 aliphatic carbocycles. The zero-order valence-electron chi connectivity index (χ0n) is 16.4. The number of benzene rings is 2. The Morgan fingerprint density at radius 1 is 1.07 bits per heavy atom. The van der Waals surface area contributed by atoms with E-state index in [9.17, 15) is 9.59 Å². The van der Waals surface area contributed by atoms with E-state index in [4.69, 9.17) is 24.5 Å². The largest absolute Gasteiger partial charge is 0.497 e. The highest BCUT2D eigenvalue weighted by molar-refractivity contribution is 5.86. The molecule has 0 saturated carbocycles. The van der Waals surface area contributed by atoms with E-state index < -0.39 is 18.1 Å². The fourth-order valence-electron chi connectivity index (χ4n) is 2.48. The first kappa shape index (κ1) is 22.7. The lowest BCUT2D eigenvalue weighted by Crippen LogP contribution is -2.18. The van der Waals surface area contributed by atoms with Crippen LogP contribution in [0.2, 0.25) is 0 Å². The first-order valence-corrected chi connectivity index (χ1v) is 9.11. The van der Waals surface area contributed by atoms with Gasteiger partial charge in [0.05, 0.1) is 13.7 Å². The Morgan fingerprint density at radius 2 is 1.73 bits per heavy atom. The Labute approximate surface area is 173 Å². The molecule has 0 aliphatic heterocycles. The summed E-state index contributed by atoms with van der Waals surface area (Å²) in [6, 6.07) is 13.6. The normalized spacial score (nSPS) is 11.6. The number of nitrogens with one attached hydrogen (secondary N) is 2. The summed E-state index contributed by atoms with van der Waals surface area (Å²) in [5.74, 6) is 0.524. The molecule has 0 fully saturated rings. The molecular formula is C21H24N2O7. The molecule has 9 nitrogen and oxygen atoms in total. The van der Waals surface area contributed by atoms with E-state index >= 15 is 0 Å². The van der Waals surface area contributed by atoms with Gasteiger partial charge in [0, 0.05) is 18.2 Å². The summed E-state index contributed by atoms with van der Waals surface area (Å²) < 4.78 is 15.9. The Hall–Kier alpha value is -3.56. The third-order valence-electron chi connectivity index (χ3n) is 3.93. The van der Waals surface area contributed by atoms with E-state index in [-0.39, 0.29) is 19.6 Å². The number of methoxy groups -OCH3 is 1. The summed E-state index contributed by atoms with van der Waals surface area (Å²) in [6.07, 6.45) is 1.44.